The highest BCUT2D eigenvalue weighted by Gasteiger charge is 2.48. The lowest BCUT2D eigenvalue weighted by atomic mass is 9.92. The first-order valence-corrected chi connectivity index (χ1v) is 6.49. The van der Waals surface area contributed by atoms with Crippen LogP contribution >= 0.6 is 0 Å². The van der Waals surface area contributed by atoms with E-state index in [0.29, 0.717) is 6.54 Å². The Bertz CT molecular complexity index is 293. The highest BCUT2D eigenvalue weighted by Crippen LogP contribution is 2.38. The number of carbonyl (C=O) groups is 1. The fourth-order valence-electron chi connectivity index (χ4n) is 2.55. The topological polar surface area (TPSA) is 81.6 Å². The minimum atomic E-state index is -0.838. The summed E-state index contributed by atoms with van der Waals surface area (Å²) in [6.07, 6.45) is 3.32. The normalized spacial score (nSPS) is 29.9. The van der Waals surface area contributed by atoms with E-state index in [-0.39, 0.29) is 17.9 Å². The van der Waals surface area contributed by atoms with Gasteiger partial charge in [-0.2, -0.15) is 0 Å². The van der Waals surface area contributed by atoms with Crippen molar-refractivity contribution in [2.45, 2.75) is 37.8 Å². The van der Waals surface area contributed by atoms with Gasteiger partial charge in [-0.3, -0.25) is 9.69 Å². The lowest BCUT2D eigenvalue weighted by molar-refractivity contribution is -0.125. The van der Waals surface area contributed by atoms with Gasteiger partial charge < -0.3 is 16.2 Å². The molecule has 0 spiro atoms. The molecule has 1 saturated heterocycles. The maximum absolute atomic E-state index is 11.6. The second kappa shape index (κ2) is 4.92. The Hall–Kier alpha value is -0.650. The van der Waals surface area contributed by atoms with Crippen LogP contribution in [-0.4, -0.2) is 48.7 Å². The summed E-state index contributed by atoms with van der Waals surface area (Å²) in [6, 6.07) is 0. The second-order valence-electron chi connectivity index (χ2n) is 5.32. The van der Waals surface area contributed by atoms with Crippen LogP contribution in [0.15, 0.2) is 0 Å². The van der Waals surface area contributed by atoms with E-state index in [9.17, 15) is 4.79 Å². The quantitative estimate of drug-likeness (QED) is 0.692. The van der Waals surface area contributed by atoms with Crippen molar-refractivity contribution in [2.75, 3.05) is 26.2 Å². The molecule has 5 heteroatoms. The van der Waals surface area contributed by atoms with Crippen molar-refractivity contribution in [3.8, 4) is 0 Å². The molecular formula is C12H23N3O2. The molecule has 1 saturated carbocycles. The van der Waals surface area contributed by atoms with E-state index < -0.39 is 5.54 Å². The summed E-state index contributed by atoms with van der Waals surface area (Å²) in [6.45, 7) is 5.11. The molecule has 0 radical (unpaired) electrons. The monoisotopic (exact) mass is 241 g/mol. The summed E-state index contributed by atoms with van der Waals surface area (Å²) in [5.41, 5.74) is 10.8. The molecular weight excluding hydrogens is 218 g/mol. The van der Waals surface area contributed by atoms with Crippen molar-refractivity contribution < 1.29 is 9.53 Å². The first kappa shape index (κ1) is 12.8. The van der Waals surface area contributed by atoms with Crippen LogP contribution in [0.1, 0.15) is 26.2 Å². The fourth-order valence-corrected chi connectivity index (χ4v) is 2.55. The number of hydrogen-bond acceptors (Lipinski definition) is 4. The number of primary amides is 1. The third-order valence-electron chi connectivity index (χ3n) is 3.93. The van der Waals surface area contributed by atoms with Crippen molar-refractivity contribution in [2.24, 2.45) is 17.4 Å². The predicted octanol–water partition coefficient (Wildman–Crippen LogP) is -0.310. The van der Waals surface area contributed by atoms with Gasteiger partial charge in [0.05, 0.1) is 12.7 Å². The SMILES string of the molecule is CCC1CN(CC(N)(C(N)=O)C2CC2)CCO1. The van der Waals surface area contributed by atoms with Gasteiger partial charge in [0.2, 0.25) is 5.91 Å². The molecule has 2 fully saturated rings. The first-order chi connectivity index (χ1) is 8.06. The number of morpholine rings is 1. The van der Waals surface area contributed by atoms with Gasteiger partial charge in [0.1, 0.15) is 5.54 Å². The van der Waals surface area contributed by atoms with Crippen LogP contribution in [0.2, 0.25) is 0 Å². The van der Waals surface area contributed by atoms with E-state index in [1.165, 1.54) is 0 Å². The standard InChI is InChI=1S/C12H23N3O2/c1-2-10-7-15(5-6-17-10)8-12(14,11(13)16)9-3-4-9/h9-10H,2-8,14H2,1H3,(H2,13,16). The summed E-state index contributed by atoms with van der Waals surface area (Å²) < 4.78 is 5.61. The van der Waals surface area contributed by atoms with Gasteiger partial charge in [0.25, 0.3) is 0 Å². The van der Waals surface area contributed by atoms with Crippen molar-refractivity contribution in [1.82, 2.24) is 4.90 Å². The van der Waals surface area contributed by atoms with Crippen molar-refractivity contribution in [1.29, 1.82) is 0 Å². The molecule has 2 aliphatic rings. The Morgan fingerprint density at radius 2 is 2.24 bits per heavy atom. The molecule has 0 aromatic heterocycles. The third kappa shape index (κ3) is 2.78. The predicted molar refractivity (Wildman–Crippen MR) is 65.3 cm³/mol. The molecule has 0 aromatic carbocycles. The van der Waals surface area contributed by atoms with E-state index in [2.05, 4.69) is 11.8 Å². The maximum atomic E-state index is 11.6. The van der Waals surface area contributed by atoms with Crippen LogP contribution in [0.5, 0.6) is 0 Å². The summed E-state index contributed by atoms with van der Waals surface area (Å²) >= 11 is 0. The molecule has 1 aliphatic heterocycles. The second-order valence-corrected chi connectivity index (χ2v) is 5.32. The largest absolute Gasteiger partial charge is 0.376 e. The minimum absolute atomic E-state index is 0.264. The zero-order valence-electron chi connectivity index (χ0n) is 10.5. The average molecular weight is 241 g/mol. The van der Waals surface area contributed by atoms with Crippen LogP contribution in [0, 0.1) is 5.92 Å². The third-order valence-corrected chi connectivity index (χ3v) is 3.93. The summed E-state index contributed by atoms with van der Waals surface area (Å²) in [5, 5.41) is 0. The van der Waals surface area contributed by atoms with E-state index in [1.807, 2.05) is 0 Å². The molecule has 1 heterocycles. The molecule has 1 amide bonds. The molecule has 4 N–H and O–H groups in total. The number of carbonyl (C=O) groups excluding carboxylic acids is 1. The molecule has 0 aromatic rings. The fraction of sp³-hybridized carbons (Fsp3) is 0.917. The van der Waals surface area contributed by atoms with Crippen LogP contribution in [0.4, 0.5) is 0 Å². The van der Waals surface area contributed by atoms with Gasteiger partial charge >= 0.3 is 0 Å². The Kier molecular flexibility index (Phi) is 3.70. The summed E-state index contributed by atoms with van der Waals surface area (Å²) in [4.78, 5) is 13.8. The van der Waals surface area contributed by atoms with Crippen LogP contribution in [0.3, 0.4) is 0 Å². The van der Waals surface area contributed by atoms with Gasteiger partial charge in [-0.15, -0.1) is 0 Å². The number of nitrogens with zero attached hydrogens (tertiary/aromatic N) is 1. The highest BCUT2D eigenvalue weighted by molar-refractivity contribution is 5.85. The Labute approximate surface area is 102 Å². The summed E-state index contributed by atoms with van der Waals surface area (Å²) in [5.74, 6) is -0.0811. The van der Waals surface area contributed by atoms with Gasteiger partial charge in [0.15, 0.2) is 0 Å². The molecule has 17 heavy (non-hydrogen) atoms. The Balaban J connectivity index is 1.95. The van der Waals surface area contributed by atoms with Crippen LogP contribution in [0.25, 0.3) is 0 Å². The minimum Gasteiger partial charge on any atom is -0.376 e. The highest BCUT2D eigenvalue weighted by atomic mass is 16.5. The molecule has 2 unspecified atom stereocenters. The molecule has 2 rings (SSSR count). The van der Waals surface area contributed by atoms with Crippen molar-refractivity contribution in [3.05, 3.63) is 0 Å². The molecule has 5 nitrogen and oxygen atoms in total. The molecule has 2 atom stereocenters. The smallest absolute Gasteiger partial charge is 0.239 e. The van der Waals surface area contributed by atoms with Crippen molar-refractivity contribution in [3.63, 3.8) is 0 Å². The van der Waals surface area contributed by atoms with Gasteiger partial charge in [-0.1, -0.05) is 6.92 Å². The van der Waals surface area contributed by atoms with E-state index in [1.54, 1.807) is 0 Å². The number of ether oxygens (including phenoxy) is 1. The zero-order chi connectivity index (χ0) is 12.5. The zero-order valence-corrected chi connectivity index (χ0v) is 10.5. The van der Waals surface area contributed by atoms with E-state index >= 15 is 0 Å². The van der Waals surface area contributed by atoms with E-state index in [0.717, 1.165) is 39.0 Å². The lowest BCUT2D eigenvalue weighted by Crippen LogP contribution is -2.62. The Morgan fingerprint density at radius 3 is 2.76 bits per heavy atom. The Morgan fingerprint density at radius 1 is 1.53 bits per heavy atom. The van der Waals surface area contributed by atoms with Crippen LogP contribution in [-0.2, 0) is 9.53 Å². The molecule has 0 bridgehead atoms. The van der Waals surface area contributed by atoms with Gasteiger partial charge in [-0.25, -0.2) is 0 Å². The van der Waals surface area contributed by atoms with Gasteiger partial charge in [0, 0.05) is 19.6 Å². The van der Waals surface area contributed by atoms with Crippen LogP contribution < -0.4 is 11.5 Å². The lowest BCUT2D eigenvalue weighted by Gasteiger charge is -2.38. The van der Waals surface area contributed by atoms with E-state index in [4.69, 9.17) is 16.2 Å². The number of amides is 1. The number of hydrogen-bond donors (Lipinski definition) is 2. The molecule has 98 valence electrons. The van der Waals surface area contributed by atoms with Crippen molar-refractivity contribution >= 4 is 5.91 Å². The average Bonchev–Trinajstić information content (AvgIpc) is 3.13. The number of nitrogens with two attached hydrogens (primary N) is 2. The maximum Gasteiger partial charge on any atom is 0.239 e. The first-order valence-electron chi connectivity index (χ1n) is 6.49. The number of rotatable bonds is 5. The van der Waals surface area contributed by atoms with Gasteiger partial charge in [-0.05, 0) is 25.2 Å². The molecule has 1 aliphatic carbocycles. The summed E-state index contributed by atoms with van der Waals surface area (Å²) in [7, 11) is 0.